The molecule has 0 spiro atoms. The van der Waals surface area contributed by atoms with Crippen molar-refractivity contribution in [1.29, 1.82) is 0 Å². The maximum absolute atomic E-state index is 12.5. The van der Waals surface area contributed by atoms with Gasteiger partial charge in [0.1, 0.15) is 5.82 Å². The normalized spacial score (nSPS) is 16.3. The number of anilines is 1. The summed E-state index contributed by atoms with van der Waals surface area (Å²) >= 11 is 0. The number of hydrogen-bond donors (Lipinski definition) is 1. The molecule has 1 N–H and O–H groups in total. The van der Waals surface area contributed by atoms with Crippen molar-refractivity contribution in [2.45, 2.75) is 26.3 Å². The average Bonchev–Trinajstić information content (AvgIpc) is 3.30. The number of hydrogen-bond acceptors (Lipinski definition) is 5. The van der Waals surface area contributed by atoms with Gasteiger partial charge in [-0.3, -0.25) is 9.59 Å². The summed E-state index contributed by atoms with van der Waals surface area (Å²) in [6.45, 7) is 3.68. The van der Waals surface area contributed by atoms with Crippen LogP contribution in [0.2, 0.25) is 0 Å². The first-order chi connectivity index (χ1) is 13.5. The number of amides is 2. The Hall–Kier alpha value is -3.03. The van der Waals surface area contributed by atoms with Crippen LogP contribution < -0.4 is 19.7 Å². The summed E-state index contributed by atoms with van der Waals surface area (Å²) in [5.41, 5.74) is 0.702. The van der Waals surface area contributed by atoms with Crippen molar-refractivity contribution in [3.8, 4) is 11.5 Å². The number of methoxy groups -OCH3 is 2. The molecule has 0 radical (unpaired) electrons. The highest BCUT2D eigenvalue weighted by atomic mass is 16.5. The maximum atomic E-state index is 12.5. The third-order valence-electron chi connectivity index (χ3n) is 4.97. The zero-order valence-corrected chi connectivity index (χ0v) is 16.5. The molecule has 8 heteroatoms. The highest BCUT2D eigenvalue weighted by Gasteiger charge is 2.35. The summed E-state index contributed by atoms with van der Waals surface area (Å²) in [4.78, 5) is 30.7. The van der Waals surface area contributed by atoms with Crippen LogP contribution >= 0.6 is 0 Å². The topological polar surface area (TPSA) is 85.7 Å². The average molecular weight is 386 g/mol. The van der Waals surface area contributed by atoms with Crippen molar-refractivity contribution in [2.24, 2.45) is 5.92 Å². The van der Waals surface area contributed by atoms with Crippen LogP contribution in [0.4, 0.5) is 5.69 Å². The standard InChI is InChI=1S/C20H26N4O4/c1-14-21-8-10-23(14)9-4-7-22-20(26)15-11-19(25)24(13-15)16-5-6-17(27-2)18(12-16)28-3/h5-6,8,10,12,15H,4,7,9,11,13H2,1-3H3,(H,22,26). The fourth-order valence-electron chi connectivity index (χ4n) is 3.37. The first kappa shape index (κ1) is 19.7. The van der Waals surface area contributed by atoms with Crippen LogP contribution in [0, 0.1) is 12.8 Å². The van der Waals surface area contributed by atoms with E-state index in [1.54, 1.807) is 43.5 Å². The number of rotatable bonds is 8. The molecular weight excluding hydrogens is 360 g/mol. The van der Waals surface area contributed by atoms with Crippen molar-refractivity contribution in [2.75, 3.05) is 32.2 Å². The van der Waals surface area contributed by atoms with Crippen LogP contribution in [0.5, 0.6) is 11.5 Å². The van der Waals surface area contributed by atoms with Crippen molar-refractivity contribution in [3.63, 3.8) is 0 Å². The number of aryl methyl sites for hydroxylation is 2. The number of carbonyl (C=O) groups is 2. The minimum atomic E-state index is -0.351. The van der Waals surface area contributed by atoms with E-state index in [0.717, 1.165) is 18.8 Å². The Labute approximate surface area is 164 Å². The molecule has 150 valence electrons. The van der Waals surface area contributed by atoms with Gasteiger partial charge in [0.25, 0.3) is 0 Å². The zero-order valence-electron chi connectivity index (χ0n) is 16.5. The van der Waals surface area contributed by atoms with Crippen LogP contribution in [-0.4, -0.2) is 48.7 Å². The van der Waals surface area contributed by atoms with E-state index in [0.29, 0.717) is 30.3 Å². The minimum Gasteiger partial charge on any atom is -0.493 e. The quantitative estimate of drug-likeness (QED) is 0.699. The van der Waals surface area contributed by atoms with Gasteiger partial charge in [-0.05, 0) is 25.5 Å². The number of ether oxygens (including phenoxy) is 2. The van der Waals surface area contributed by atoms with Gasteiger partial charge in [-0.1, -0.05) is 0 Å². The molecule has 2 aromatic rings. The van der Waals surface area contributed by atoms with E-state index in [1.807, 2.05) is 17.7 Å². The van der Waals surface area contributed by atoms with Gasteiger partial charge >= 0.3 is 0 Å². The van der Waals surface area contributed by atoms with E-state index in [9.17, 15) is 9.59 Å². The SMILES string of the molecule is COc1ccc(N2CC(C(=O)NCCCn3ccnc3C)CC2=O)cc1OC. The van der Waals surface area contributed by atoms with Gasteiger partial charge in [-0.25, -0.2) is 4.98 Å². The number of carbonyl (C=O) groups excluding carboxylic acids is 2. The van der Waals surface area contributed by atoms with Gasteiger partial charge in [-0.2, -0.15) is 0 Å². The van der Waals surface area contributed by atoms with Gasteiger partial charge < -0.3 is 24.3 Å². The Morgan fingerprint density at radius 3 is 2.75 bits per heavy atom. The second-order valence-electron chi connectivity index (χ2n) is 6.76. The molecule has 1 aliphatic rings. The van der Waals surface area contributed by atoms with Crippen molar-refractivity contribution < 1.29 is 19.1 Å². The van der Waals surface area contributed by atoms with E-state index < -0.39 is 0 Å². The maximum Gasteiger partial charge on any atom is 0.227 e. The molecule has 2 heterocycles. The summed E-state index contributed by atoms with van der Waals surface area (Å²) in [6, 6.07) is 5.31. The van der Waals surface area contributed by atoms with Crippen LogP contribution in [0.1, 0.15) is 18.7 Å². The van der Waals surface area contributed by atoms with Crippen LogP contribution in [-0.2, 0) is 16.1 Å². The fourth-order valence-corrected chi connectivity index (χ4v) is 3.37. The number of benzene rings is 1. The molecule has 1 saturated heterocycles. The molecule has 2 amide bonds. The molecule has 0 bridgehead atoms. The Bertz CT molecular complexity index is 848. The largest absolute Gasteiger partial charge is 0.493 e. The van der Waals surface area contributed by atoms with Gasteiger partial charge in [0.15, 0.2) is 11.5 Å². The van der Waals surface area contributed by atoms with E-state index in [4.69, 9.17) is 9.47 Å². The Morgan fingerprint density at radius 2 is 2.07 bits per heavy atom. The number of aromatic nitrogens is 2. The lowest BCUT2D eigenvalue weighted by molar-refractivity contribution is -0.126. The van der Waals surface area contributed by atoms with E-state index in [1.165, 1.54) is 0 Å². The van der Waals surface area contributed by atoms with E-state index >= 15 is 0 Å². The van der Waals surface area contributed by atoms with Crippen molar-refractivity contribution >= 4 is 17.5 Å². The highest BCUT2D eigenvalue weighted by molar-refractivity contribution is 6.00. The number of imidazole rings is 1. The summed E-state index contributed by atoms with van der Waals surface area (Å²) in [5.74, 6) is 1.60. The van der Waals surface area contributed by atoms with Gasteiger partial charge in [-0.15, -0.1) is 0 Å². The molecule has 1 unspecified atom stereocenters. The van der Waals surface area contributed by atoms with Crippen molar-refractivity contribution in [3.05, 3.63) is 36.4 Å². The van der Waals surface area contributed by atoms with Crippen LogP contribution in [0.25, 0.3) is 0 Å². The fraction of sp³-hybridized carbons (Fsp3) is 0.450. The highest BCUT2D eigenvalue weighted by Crippen LogP contribution is 2.34. The summed E-state index contributed by atoms with van der Waals surface area (Å²) in [5, 5.41) is 2.94. The Kier molecular flexibility index (Phi) is 6.18. The smallest absolute Gasteiger partial charge is 0.227 e. The molecule has 0 saturated carbocycles. The predicted molar refractivity (Wildman–Crippen MR) is 105 cm³/mol. The molecule has 8 nitrogen and oxygen atoms in total. The summed E-state index contributed by atoms with van der Waals surface area (Å²) < 4.78 is 12.6. The molecule has 1 aromatic heterocycles. The zero-order chi connectivity index (χ0) is 20.1. The first-order valence-electron chi connectivity index (χ1n) is 9.31. The summed E-state index contributed by atoms with van der Waals surface area (Å²) in [7, 11) is 3.11. The van der Waals surface area contributed by atoms with Crippen molar-refractivity contribution in [1.82, 2.24) is 14.9 Å². The molecule has 0 aliphatic carbocycles. The predicted octanol–water partition coefficient (Wildman–Crippen LogP) is 1.77. The minimum absolute atomic E-state index is 0.0681. The van der Waals surface area contributed by atoms with E-state index in [-0.39, 0.29) is 24.2 Å². The second kappa shape index (κ2) is 8.77. The first-order valence-corrected chi connectivity index (χ1v) is 9.31. The second-order valence-corrected chi connectivity index (χ2v) is 6.76. The molecule has 1 atom stereocenters. The number of nitrogens with one attached hydrogen (secondary N) is 1. The molecule has 1 fully saturated rings. The van der Waals surface area contributed by atoms with Gasteiger partial charge in [0.2, 0.25) is 11.8 Å². The molecule has 28 heavy (non-hydrogen) atoms. The Balaban J connectivity index is 1.53. The number of nitrogens with zero attached hydrogens (tertiary/aromatic N) is 3. The van der Waals surface area contributed by atoms with E-state index in [2.05, 4.69) is 10.3 Å². The lowest BCUT2D eigenvalue weighted by atomic mass is 10.1. The van der Waals surface area contributed by atoms with Gasteiger partial charge in [0.05, 0.1) is 20.1 Å². The molecule has 1 aliphatic heterocycles. The lowest BCUT2D eigenvalue weighted by Crippen LogP contribution is -2.33. The monoisotopic (exact) mass is 386 g/mol. The third kappa shape index (κ3) is 4.27. The summed E-state index contributed by atoms with van der Waals surface area (Å²) in [6.07, 6.45) is 4.71. The molecular formula is C20H26N4O4. The Morgan fingerprint density at radius 1 is 1.29 bits per heavy atom. The van der Waals surface area contributed by atoms with Crippen LogP contribution in [0.15, 0.2) is 30.6 Å². The molecule has 3 rings (SSSR count). The van der Waals surface area contributed by atoms with Crippen LogP contribution in [0.3, 0.4) is 0 Å². The third-order valence-corrected chi connectivity index (χ3v) is 4.97. The van der Waals surface area contributed by atoms with Gasteiger partial charge in [0, 0.05) is 50.2 Å². The molecule has 1 aromatic carbocycles. The lowest BCUT2D eigenvalue weighted by Gasteiger charge is -2.18.